The first kappa shape index (κ1) is 14.8. The topological polar surface area (TPSA) is 50.5 Å². The number of carbonyl (C=O) groups is 1. The van der Waals surface area contributed by atoms with Crippen molar-refractivity contribution >= 4 is 16.9 Å². The number of rotatable bonds is 2. The van der Waals surface area contributed by atoms with Crippen LogP contribution in [-0.4, -0.2) is 51.0 Å². The molecule has 3 rings (SSSR count). The molecule has 6 heteroatoms. The molecule has 1 saturated heterocycles. The summed E-state index contributed by atoms with van der Waals surface area (Å²) in [6.07, 6.45) is 0. The number of nitrogens with zero attached hydrogens (tertiary/aromatic N) is 4. The van der Waals surface area contributed by atoms with Gasteiger partial charge in [0, 0.05) is 53.7 Å². The van der Waals surface area contributed by atoms with Gasteiger partial charge in [0.15, 0.2) is 0 Å². The predicted molar refractivity (Wildman–Crippen MR) is 85.7 cm³/mol. The quantitative estimate of drug-likeness (QED) is 0.814. The maximum atomic E-state index is 12.0. The van der Waals surface area contributed by atoms with Crippen LogP contribution in [0.25, 0.3) is 11.0 Å². The number of amides is 1. The van der Waals surface area contributed by atoms with Crippen molar-refractivity contribution in [3.05, 3.63) is 34.2 Å². The van der Waals surface area contributed by atoms with Gasteiger partial charge < -0.3 is 4.90 Å². The van der Waals surface area contributed by atoms with Gasteiger partial charge in [-0.05, 0) is 17.7 Å². The SMILES string of the molecule is CC(=O)N1CCN(Cc2ccc3c(c2)n(C)c(=O)n3C)CC1. The molecule has 0 saturated carbocycles. The van der Waals surface area contributed by atoms with E-state index in [4.69, 9.17) is 0 Å². The summed E-state index contributed by atoms with van der Waals surface area (Å²) in [6, 6.07) is 6.19. The van der Waals surface area contributed by atoms with E-state index in [-0.39, 0.29) is 11.6 Å². The second-order valence-corrected chi connectivity index (χ2v) is 6.01. The molecule has 118 valence electrons. The zero-order valence-electron chi connectivity index (χ0n) is 13.4. The summed E-state index contributed by atoms with van der Waals surface area (Å²) in [4.78, 5) is 27.6. The van der Waals surface area contributed by atoms with Crippen molar-refractivity contribution in [1.29, 1.82) is 0 Å². The number of benzene rings is 1. The van der Waals surface area contributed by atoms with Gasteiger partial charge in [-0.15, -0.1) is 0 Å². The van der Waals surface area contributed by atoms with Crippen molar-refractivity contribution in [1.82, 2.24) is 18.9 Å². The van der Waals surface area contributed by atoms with Crippen molar-refractivity contribution in [3.63, 3.8) is 0 Å². The second kappa shape index (κ2) is 5.61. The molecule has 0 atom stereocenters. The minimum Gasteiger partial charge on any atom is -0.340 e. The summed E-state index contributed by atoms with van der Waals surface area (Å²) in [5.74, 6) is 0.153. The third-order valence-corrected chi connectivity index (χ3v) is 4.56. The third kappa shape index (κ3) is 2.54. The molecule has 1 aliphatic heterocycles. The standard InChI is InChI=1S/C16H22N4O2/c1-12(21)20-8-6-19(7-9-20)11-13-4-5-14-15(10-13)18(3)16(22)17(14)2/h4-5,10H,6-9,11H2,1-3H3. The Bertz CT molecular complexity index is 766. The molecule has 0 aliphatic carbocycles. The van der Waals surface area contributed by atoms with Crippen LogP contribution in [0.4, 0.5) is 0 Å². The van der Waals surface area contributed by atoms with Crippen molar-refractivity contribution < 1.29 is 4.79 Å². The lowest BCUT2D eigenvalue weighted by molar-refractivity contribution is -0.130. The van der Waals surface area contributed by atoms with E-state index in [1.807, 2.05) is 11.0 Å². The Balaban J connectivity index is 1.77. The number of aryl methyl sites for hydroxylation is 2. The zero-order valence-corrected chi connectivity index (χ0v) is 13.4. The number of piperazine rings is 1. The number of aromatic nitrogens is 2. The molecule has 2 heterocycles. The number of fused-ring (bicyclic) bond motifs is 1. The van der Waals surface area contributed by atoms with Crippen LogP contribution in [0.2, 0.25) is 0 Å². The molecule has 22 heavy (non-hydrogen) atoms. The summed E-state index contributed by atoms with van der Waals surface area (Å²) in [7, 11) is 3.60. The maximum absolute atomic E-state index is 12.0. The molecular formula is C16H22N4O2. The van der Waals surface area contributed by atoms with Crippen LogP contribution in [0.5, 0.6) is 0 Å². The zero-order chi connectivity index (χ0) is 15.9. The lowest BCUT2D eigenvalue weighted by Crippen LogP contribution is -2.47. The van der Waals surface area contributed by atoms with Gasteiger partial charge in [0.1, 0.15) is 0 Å². The fraction of sp³-hybridized carbons (Fsp3) is 0.500. The van der Waals surface area contributed by atoms with Crippen molar-refractivity contribution in [2.75, 3.05) is 26.2 Å². The Labute approximate surface area is 129 Å². The van der Waals surface area contributed by atoms with Crippen LogP contribution < -0.4 is 5.69 Å². The number of imidazole rings is 1. The van der Waals surface area contributed by atoms with Crippen molar-refractivity contribution in [2.24, 2.45) is 14.1 Å². The smallest absolute Gasteiger partial charge is 0.328 e. The van der Waals surface area contributed by atoms with Crippen molar-refractivity contribution in [3.8, 4) is 0 Å². The average molecular weight is 302 g/mol. The van der Waals surface area contributed by atoms with E-state index < -0.39 is 0 Å². The monoisotopic (exact) mass is 302 g/mol. The normalized spacial score (nSPS) is 16.4. The van der Waals surface area contributed by atoms with E-state index in [2.05, 4.69) is 17.0 Å². The molecule has 6 nitrogen and oxygen atoms in total. The summed E-state index contributed by atoms with van der Waals surface area (Å²) in [6.45, 7) is 5.85. The van der Waals surface area contributed by atoms with Gasteiger partial charge in [0.2, 0.25) is 5.91 Å². The first-order chi connectivity index (χ1) is 10.5. The highest BCUT2D eigenvalue weighted by Gasteiger charge is 2.18. The molecule has 0 radical (unpaired) electrons. The molecule has 2 aromatic rings. The largest absolute Gasteiger partial charge is 0.340 e. The highest BCUT2D eigenvalue weighted by atomic mass is 16.2. The molecule has 1 aromatic heterocycles. The molecule has 0 bridgehead atoms. The van der Waals surface area contributed by atoms with E-state index >= 15 is 0 Å². The van der Waals surface area contributed by atoms with Gasteiger partial charge in [-0.25, -0.2) is 4.79 Å². The number of hydrogen-bond donors (Lipinski definition) is 0. The average Bonchev–Trinajstić information content (AvgIpc) is 2.72. The molecule has 0 unspecified atom stereocenters. The van der Waals surface area contributed by atoms with Gasteiger partial charge in [0.05, 0.1) is 11.0 Å². The number of hydrogen-bond acceptors (Lipinski definition) is 3. The fourth-order valence-corrected chi connectivity index (χ4v) is 3.13. The summed E-state index contributed by atoms with van der Waals surface area (Å²) in [5, 5.41) is 0. The second-order valence-electron chi connectivity index (χ2n) is 6.01. The van der Waals surface area contributed by atoms with Crippen LogP contribution in [0, 0.1) is 0 Å². The van der Waals surface area contributed by atoms with Crippen molar-refractivity contribution in [2.45, 2.75) is 13.5 Å². The number of carbonyl (C=O) groups excluding carboxylic acids is 1. The maximum Gasteiger partial charge on any atom is 0.328 e. The lowest BCUT2D eigenvalue weighted by atomic mass is 10.1. The third-order valence-electron chi connectivity index (χ3n) is 4.56. The molecule has 0 spiro atoms. The highest BCUT2D eigenvalue weighted by molar-refractivity contribution is 5.76. The molecule has 1 aromatic carbocycles. The first-order valence-corrected chi connectivity index (χ1v) is 7.59. The van der Waals surface area contributed by atoms with E-state index in [9.17, 15) is 9.59 Å². The Morgan fingerprint density at radius 3 is 2.32 bits per heavy atom. The molecule has 1 fully saturated rings. The first-order valence-electron chi connectivity index (χ1n) is 7.59. The fourth-order valence-electron chi connectivity index (χ4n) is 3.13. The van der Waals surface area contributed by atoms with Gasteiger partial charge in [0.25, 0.3) is 0 Å². The Kier molecular flexibility index (Phi) is 3.78. The summed E-state index contributed by atoms with van der Waals surface area (Å²) in [5.41, 5.74) is 3.12. The van der Waals surface area contributed by atoms with E-state index in [0.717, 1.165) is 43.8 Å². The van der Waals surface area contributed by atoms with Crippen LogP contribution in [-0.2, 0) is 25.4 Å². The van der Waals surface area contributed by atoms with Gasteiger partial charge in [-0.1, -0.05) is 6.07 Å². The molecule has 1 aliphatic rings. The Hall–Kier alpha value is -2.08. The Morgan fingerprint density at radius 1 is 1.05 bits per heavy atom. The van der Waals surface area contributed by atoms with E-state index in [1.165, 1.54) is 5.56 Å². The van der Waals surface area contributed by atoms with Crippen LogP contribution >= 0.6 is 0 Å². The minimum atomic E-state index is 0.00206. The molecular weight excluding hydrogens is 280 g/mol. The molecule has 1 amide bonds. The van der Waals surface area contributed by atoms with Crippen LogP contribution in [0.15, 0.2) is 23.0 Å². The summed E-state index contributed by atoms with van der Waals surface area (Å²) < 4.78 is 3.36. The van der Waals surface area contributed by atoms with Gasteiger partial charge in [-0.2, -0.15) is 0 Å². The van der Waals surface area contributed by atoms with Crippen LogP contribution in [0.1, 0.15) is 12.5 Å². The van der Waals surface area contributed by atoms with Crippen LogP contribution in [0.3, 0.4) is 0 Å². The van der Waals surface area contributed by atoms with E-state index in [0.29, 0.717) is 0 Å². The van der Waals surface area contributed by atoms with Gasteiger partial charge >= 0.3 is 5.69 Å². The Morgan fingerprint density at radius 2 is 1.68 bits per heavy atom. The predicted octanol–water partition coefficient (Wildman–Crippen LogP) is 0.541. The molecule has 0 N–H and O–H groups in total. The summed E-state index contributed by atoms with van der Waals surface area (Å²) >= 11 is 0. The minimum absolute atomic E-state index is 0.00206. The van der Waals surface area contributed by atoms with E-state index in [1.54, 1.807) is 30.2 Å². The highest BCUT2D eigenvalue weighted by Crippen LogP contribution is 2.16. The van der Waals surface area contributed by atoms with Gasteiger partial charge in [-0.3, -0.25) is 18.8 Å². The lowest BCUT2D eigenvalue weighted by Gasteiger charge is -2.34.